The summed E-state index contributed by atoms with van der Waals surface area (Å²) >= 11 is 0. The zero-order chi connectivity index (χ0) is 16.4. The second-order valence-electron chi connectivity index (χ2n) is 6.10. The van der Waals surface area contributed by atoms with Crippen LogP contribution < -0.4 is 0 Å². The fraction of sp³-hybridized carbons (Fsp3) is 0.565. The minimum atomic E-state index is 1.02. The van der Waals surface area contributed by atoms with Gasteiger partial charge in [-0.05, 0) is 31.4 Å². The Morgan fingerprint density at radius 2 is 1.13 bits per heavy atom. The molecule has 1 aromatic rings. The van der Waals surface area contributed by atoms with E-state index in [4.69, 9.17) is 0 Å². The summed E-state index contributed by atoms with van der Waals surface area (Å²) in [5.74, 6) is 13.1. The van der Waals surface area contributed by atoms with E-state index in [0.29, 0.717) is 0 Å². The molecule has 0 aliphatic heterocycles. The monoisotopic (exact) mass is 308 g/mol. The molecule has 0 radical (unpaired) electrons. The maximum absolute atomic E-state index is 3.32. The molecule has 0 atom stereocenters. The Morgan fingerprint density at radius 1 is 0.609 bits per heavy atom. The predicted octanol–water partition coefficient (Wildman–Crippen LogP) is 6.74. The van der Waals surface area contributed by atoms with Crippen LogP contribution in [0.2, 0.25) is 0 Å². The van der Waals surface area contributed by atoms with Crippen LogP contribution in [-0.2, 0) is 0 Å². The molecule has 0 heterocycles. The molecule has 0 amide bonds. The smallest absolute Gasteiger partial charge is 0.0245 e. The molecule has 0 aromatic heterocycles. The molecule has 0 saturated carbocycles. The summed E-state index contributed by atoms with van der Waals surface area (Å²) in [4.78, 5) is 0. The lowest BCUT2D eigenvalue weighted by Crippen LogP contribution is -1.79. The summed E-state index contributed by atoms with van der Waals surface area (Å²) < 4.78 is 0. The zero-order valence-corrected chi connectivity index (χ0v) is 14.9. The van der Waals surface area contributed by atoms with Crippen molar-refractivity contribution in [1.29, 1.82) is 0 Å². The van der Waals surface area contributed by atoms with E-state index in [1.165, 1.54) is 57.8 Å². The highest BCUT2D eigenvalue weighted by Crippen LogP contribution is 2.07. The van der Waals surface area contributed by atoms with Crippen molar-refractivity contribution in [3.8, 4) is 23.7 Å². The van der Waals surface area contributed by atoms with Crippen LogP contribution >= 0.6 is 0 Å². The molecule has 124 valence electrons. The fourth-order valence-corrected chi connectivity index (χ4v) is 2.46. The quantitative estimate of drug-likeness (QED) is 0.331. The van der Waals surface area contributed by atoms with Gasteiger partial charge in [0.05, 0.1) is 0 Å². The van der Waals surface area contributed by atoms with Crippen molar-refractivity contribution in [3.05, 3.63) is 35.9 Å². The average Bonchev–Trinajstić information content (AvgIpc) is 2.59. The first kappa shape index (κ1) is 19.4. The third-order valence-corrected chi connectivity index (χ3v) is 3.89. The molecule has 0 saturated heterocycles. The average molecular weight is 309 g/mol. The van der Waals surface area contributed by atoms with Crippen LogP contribution in [0, 0.1) is 23.7 Å². The molecule has 0 aliphatic rings. The van der Waals surface area contributed by atoms with Crippen LogP contribution in [0.25, 0.3) is 0 Å². The maximum Gasteiger partial charge on any atom is 0.0245 e. The molecule has 0 aliphatic carbocycles. The van der Waals surface area contributed by atoms with Crippen molar-refractivity contribution in [3.63, 3.8) is 0 Å². The first-order chi connectivity index (χ1) is 11.4. The maximum atomic E-state index is 3.32. The standard InChI is InChI=1S/C23H32/c1-2-3-4-5-6-7-8-9-10-11-12-13-14-15-17-20-23-21-18-16-19-22-23/h16,18-19,21-22H,2-6,9-15H2,1H3. The number of benzene rings is 1. The molecular weight excluding hydrogens is 276 g/mol. The Hall–Kier alpha value is -1.66. The first-order valence-electron chi connectivity index (χ1n) is 9.43. The number of rotatable bonds is 10. The van der Waals surface area contributed by atoms with Crippen molar-refractivity contribution in [1.82, 2.24) is 0 Å². The topological polar surface area (TPSA) is 0 Å². The fourth-order valence-electron chi connectivity index (χ4n) is 2.46. The van der Waals surface area contributed by atoms with Gasteiger partial charge in [-0.15, -0.1) is 11.8 Å². The van der Waals surface area contributed by atoms with Gasteiger partial charge in [0.25, 0.3) is 0 Å². The van der Waals surface area contributed by atoms with E-state index in [2.05, 4.69) is 42.7 Å². The number of unbranched alkanes of at least 4 members (excludes halogenated alkanes) is 10. The minimum Gasteiger partial charge on any atom is -0.103 e. The summed E-state index contributed by atoms with van der Waals surface area (Å²) in [7, 11) is 0. The molecule has 0 bridgehead atoms. The van der Waals surface area contributed by atoms with Crippen LogP contribution in [0.5, 0.6) is 0 Å². The molecule has 0 spiro atoms. The van der Waals surface area contributed by atoms with Gasteiger partial charge in [0, 0.05) is 24.8 Å². The van der Waals surface area contributed by atoms with Gasteiger partial charge in [-0.25, -0.2) is 0 Å². The van der Waals surface area contributed by atoms with Crippen LogP contribution in [0.1, 0.15) is 89.5 Å². The normalized spacial score (nSPS) is 9.61. The summed E-state index contributed by atoms with van der Waals surface area (Å²) in [5.41, 5.74) is 1.13. The van der Waals surface area contributed by atoms with Gasteiger partial charge >= 0.3 is 0 Å². The van der Waals surface area contributed by atoms with Crippen LogP contribution in [0.4, 0.5) is 0 Å². The van der Waals surface area contributed by atoms with E-state index in [1.807, 2.05) is 18.2 Å². The first-order valence-corrected chi connectivity index (χ1v) is 9.43. The van der Waals surface area contributed by atoms with Gasteiger partial charge in [0.1, 0.15) is 0 Å². The summed E-state index contributed by atoms with van der Waals surface area (Å²) in [6, 6.07) is 10.2. The van der Waals surface area contributed by atoms with Gasteiger partial charge in [0.2, 0.25) is 0 Å². The molecule has 0 N–H and O–H groups in total. The van der Waals surface area contributed by atoms with E-state index < -0.39 is 0 Å². The molecule has 0 unspecified atom stereocenters. The molecule has 1 aromatic carbocycles. The summed E-state index contributed by atoms with van der Waals surface area (Å²) in [6.45, 7) is 2.25. The van der Waals surface area contributed by atoms with E-state index >= 15 is 0 Å². The van der Waals surface area contributed by atoms with Crippen molar-refractivity contribution < 1.29 is 0 Å². The van der Waals surface area contributed by atoms with E-state index in [-0.39, 0.29) is 0 Å². The second kappa shape index (κ2) is 15.2. The lowest BCUT2D eigenvalue weighted by Gasteiger charge is -1.96. The lowest BCUT2D eigenvalue weighted by atomic mass is 10.1. The van der Waals surface area contributed by atoms with Crippen LogP contribution in [0.15, 0.2) is 30.3 Å². The number of hydrogen-bond acceptors (Lipinski definition) is 0. The lowest BCUT2D eigenvalue weighted by molar-refractivity contribution is 0.627. The second-order valence-corrected chi connectivity index (χ2v) is 6.10. The molecule has 0 fully saturated rings. The van der Waals surface area contributed by atoms with Gasteiger partial charge in [-0.3, -0.25) is 0 Å². The Labute approximate surface area is 144 Å². The highest BCUT2D eigenvalue weighted by Gasteiger charge is 1.89. The predicted molar refractivity (Wildman–Crippen MR) is 102 cm³/mol. The van der Waals surface area contributed by atoms with E-state index in [1.54, 1.807) is 0 Å². The molecule has 1 rings (SSSR count). The van der Waals surface area contributed by atoms with E-state index in [9.17, 15) is 0 Å². The molecule has 0 heteroatoms. The molecule has 23 heavy (non-hydrogen) atoms. The Kier molecular flexibility index (Phi) is 12.8. The Bertz CT molecular complexity index is 490. The minimum absolute atomic E-state index is 1.02. The summed E-state index contributed by atoms with van der Waals surface area (Å²) in [6.07, 6.45) is 14.9. The summed E-state index contributed by atoms with van der Waals surface area (Å²) in [5, 5.41) is 0. The van der Waals surface area contributed by atoms with Gasteiger partial charge in [0.15, 0.2) is 0 Å². The number of hydrogen-bond donors (Lipinski definition) is 0. The zero-order valence-electron chi connectivity index (χ0n) is 14.9. The van der Waals surface area contributed by atoms with Gasteiger partial charge < -0.3 is 0 Å². The highest BCUT2D eigenvalue weighted by atomic mass is 13.9. The highest BCUT2D eigenvalue weighted by molar-refractivity contribution is 5.33. The third-order valence-electron chi connectivity index (χ3n) is 3.89. The SMILES string of the molecule is CCCCCCC#CCCCCCCCC#Cc1ccccc1. The van der Waals surface area contributed by atoms with Crippen LogP contribution in [-0.4, -0.2) is 0 Å². The van der Waals surface area contributed by atoms with Crippen molar-refractivity contribution in [2.75, 3.05) is 0 Å². The molecule has 0 nitrogen and oxygen atoms in total. The van der Waals surface area contributed by atoms with E-state index in [0.717, 1.165) is 24.8 Å². The van der Waals surface area contributed by atoms with Crippen molar-refractivity contribution in [2.45, 2.75) is 84.0 Å². The third kappa shape index (κ3) is 12.6. The Balaban J connectivity index is 1.87. The van der Waals surface area contributed by atoms with Crippen molar-refractivity contribution in [2.24, 2.45) is 0 Å². The van der Waals surface area contributed by atoms with Crippen molar-refractivity contribution >= 4 is 0 Å². The molecular formula is C23H32. The van der Waals surface area contributed by atoms with Gasteiger partial charge in [-0.1, -0.05) is 75.5 Å². The largest absolute Gasteiger partial charge is 0.103 e. The van der Waals surface area contributed by atoms with Gasteiger partial charge in [-0.2, -0.15) is 0 Å². The van der Waals surface area contributed by atoms with Crippen LogP contribution in [0.3, 0.4) is 0 Å². The Morgan fingerprint density at radius 3 is 1.74 bits per heavy atom.